The highest BCUT2D eigenvalue weighted by atomic mass is 35.5. The molecular weight excluding hydrogens is 377 g/mol. The quantitative estimate of drug-likeness (QED) is 0.548. The van der Waals surface area contributed by atoms with Crippen molar-refractivity contribution in [3.63, 3.8) is 0 Å². The minimum Gasteiger partial charge on any atom is -0.382 e. The van der Waals surface area contributed by atoms with Gasteiger partial charge in [0.1, 0.15) is 0 Å². The van der Waals surface area contributed by atoms with Gasteiger partial charge in [0.25, 0.3) is 0 Å². The van der Waals surface area contributed by atoms with Crippen LogP contribution in [0.5, 0.6) is 0 Å². The third-order valence-electron chi connectivity index (χ3n) is 3.83. The molecule has 25 heavy (non-hydrogen) atoms. The van der Waals surface area contributed by atoms with Crippen molar-refractivity contribution in [3.8, 4) is 22.2 Å². The van der Waals surface area contributed by atoms with Gasteiger partial charge in [-0.25, -0.2) is 15.0 Å². The Morgan fingerprint density at radius 2 is 1.96 bits per heavy atom. The predicted molar refractivity (Wildman–Crippen MR) is 102 cm³/mol. The molecule has 0 saturated carbocycles. The number of anilines is 1. The second kappa shape index (κ2) is 6.29. The van der Waals surface area contributed by atoms with Crippen molar-refractivity contribution < 1.29 is 0 Å². The van der Waals surface area contributed by atoms with Gasteiger partial charge in [-0.3, -0.25) is 0 Å². The maximum atomic E-state index is 6.29. The Hall–Kier alpha value is -2.15. The maximum Gasteiger partial charge on any atom is 0.172 e. The van der Waals surface area contributed by atoms with Crippen LogP contribution in [0.4, 0.5) is 5.82 Å². The van der Waals surface area contributed by atoms with E-state index in [1.54, 1.807) is 17.7 Å². The van der Waals surface area contributed by atoms with E-state index < -0.39 is 0 Å². The molecule has 1 aromatic carbocycles. The average Bonchev–Trinajstić information content (AvgIpc) is 3.20. The van der Waals surface area contributed by atoms with Crippen molar-refractivity contribution in [3.05, 3.63) is 57.1 Å². The SMILES string of the molecule is Cc1csc(-c2nc3c(N)ncn(Cc4c(Cl)cccc4Cl)c-3n2)c1. The lowest BCUT2D eigenvalue weighted by atomic mass is 10.2. The number of halogens is 2. The van der Waals surface area contributed by atoms with Crippen LogP contribution >= 0.6 is 34.5 Å². The molecule has 2 aliphatic heterocycles. The molecule has 0 spiro atoms. The molecule has 0 unspecified atom stereocenters. The zero-order valence-electron chi connectivity index (χ0n) is 13.2. The Labute approximate surface area is 158 Å². The number of hydrogen-bond acceptors (Lipinski definition) is 5. The van der Waals surface area contributed by atoms with Crippen LogP contribution in [0.3, 0.4) is 0 Å². The van der Waals surface area contributed by atoms with Crippen LogP contribution in [0.25, 0.3) is 22.2 Å². The third kappa shape index (κ3) is 2.97. The number of aryl methyl sites for hydroxylation is 1. The number of benzene rings is 1. The molecule has 3 heterocycles. The number of hydrogen-bond donors (Lipinski definition) is 1. The molecule has 2 N–H and O–H groups in total. The summed E-state index contributed by atoms with van der Waals surface area (Å²) in [7, 11) is 0. The molecule has 5 nitrogen and oxygen atoms in total. The smallest absolute Gasteiger partial charge is 0.172 e. The first-order chi connectivity index (χ1) is 12.0. The fourth-order valence-electron chi connectivity index (χ4n) is 2.58. The number of nitrogens with two attached hydrogens (primary N) is 1. The van der Waals surface area contributed by atoms with Gasteiger partial charge in [0, 0.05) is 15.6 Å². The van der Waals surface area contributed by atoms with Crippen LogP contribution in [-0.4, -0.2) is 19.5 Å². The van der Waals surface area contributed by atoms with Crippen molar-refractivity contribution >= 4 is 40.4 Å². The number of aromatic nitrogens is 4. The van der Waals surface area contributed by atoms with E-state index in [4.69, 9.17) is 28.9 Å². The number of rotatable bonds is 3. The topological polar surface area (TPSA) is 69.6 Å². The van der Waals surface area contributed by atoms with Gasteiger partial charge in [-0.05, 0) is 36.1 Å². The highest BCUT2D eigenvalue weighted by Gasteiger charge is 2.21. The first kappa shape index (κ1) is 16.3. The summed E-state index contributed by atoms with van der Waals surface area (Å²) in [5, 5.41) is 3.26. The zero-order chi connectivity index (χ0) is 17.6. The molecule has 8 heteroatoms. The molecule has 2 aliphatic rings. The molecule has 4 rings (SSSR count). The van der Waals surface area contributed by atoms with Gasteiger partial charge in [-0.15, -0.1) is 11.3 Å². The summed E-state index contributed by atoms with van der Waals surface area (Å²) in [6.07, 6.45) is 1.63. The summed E-state index contributed by atoms with van der Waals surface area (Å²) in [6.45, 7) is 2.47. The van der Waals surface area contributed by atoms with E-state index in [9.17, 15) is 0 Å². The van der Waals surface area contributed by atoms with Gasteiger partial charge in [0.15, 0.2) is 23.2 Å². The van der Waals surface area contributed by atoms with Crippen LogP contribution < -0.4 is 5.73 Å². The van der Waals surface area contributed by atoms with Crippen LogP contribution in [0.15, 0.2) is 36.0 Å². The van der Waals surface area contributed by atoms with Crippen molar-refractivity contribution in [2.75, 3.05) is 5.73 Å². The maximum absolute atomic E-state index is 6.29. The molecule has 0 radical (unpaired) electrons. The van der Waals surface area contributed by atoms with E-state index in [0.717, 1.165) is 10.4 Å². The summed E-state index contributed by atoms with van der Waals surface area (Å²) < 4.78 is 1.86. The lowest BCUT2D eigenvalue weighted by Gasteiger charge is -2.13. The van der Waals surface area contributed by atoms with Gasteiger partial charge in [0.2, 0.25) is 0 Å². The van der Waals surface area contributed by atoms with E-state index in [2.05, 4.69) is 26.4 Å². The Balaban J connectivity index is 1.83. The van der Waals surface area contributed by atoms with Crippen molar-refractivity contribution in [1.29, 1.82) is 0 Å². The van der Waals surface area contributed by atoms with Crippen LogP contribution in [0.1, 0.15) is 11.1 Å². The Kier molecular flexibility index (Phi) is 4.11. The lowest BCUT2D eigenvalue weighted by molar-refractivity contribution is 0.763. The molecule has 2 aromatic rings. The number of thiophene rings is 1. The molecular formula is C17H13Cl2N5S. The summed E-state index contributed by atoms with van der Waals surface area (Å²) in [4.78, 5) is 14.5. The molecule has 0 aliphatic carbocycles. The van der Waals surface area contributed by atoms with Gasteiger partial charge in [0.05, 0.1) is 17.7 Å². The standard InChI is InChI=1S/C17H13Cl2N5S/c1-9-5-13(25-7-9)16-22-14-15(20)21-8-24(17(14)23-16)6-10-11(18)3-2-4-12(10)19/h2-5,7-8H,6,20H2,1H3. The number of imidazole rings is 1. The van der Waals surface area contributed by atoms with Gasteiger partial charge in [-0.2, -0.15) is 0 Å². The van der Waals surface area contributed by atoms with Gasteiger partial charge >= 0.3 is 0 Å². The molecule has 0 amide bonds. The zero-order valence-corrected chi connectivity index (χ0v) is 15.5. The highest BCUT2D eigenvalue weighted by molar-refractivity contribution is 7.13. The minimum absolute atomic E-state index is 0.350. The third-order valence-corrected chi connectivity index (χ3v) is 5.59. The molecule has 1 aromatic heterocycles. The first-order valence-corrected chi connectivity index (χ1v) is 9.13. The summed E-state index contributed by atoms with van der Waals surface area (Å²) in [5.74, 6) is 1.65. The molecule has 126 valence electrons. The van der Waals surface area contributed by atoms with E-state index >= 15 is 0 Å². The van der Waals surface area contributed by atoms with Gasteiger partial charge < -0.3 is 10.3 Å². The Morgan fingerprint density at radius 1 is 1.20 bits per heavy atom. The van der Waals surface area contributed by atoms with Crippen LogP contribution in [-0.2, 0) is 6.54 Å². The summed E-state index contributed by atoms with van der Waals surface area (Å²) in [6, 6.07) is 7.48. The predicted octanol–water partition coefficient (Wildman–Crippen LogP) is 4.75. The largest absolute Gasteiger partial charge is 0.382 e. The molecule has 0 atom stereocenters. The normalized spacial score (nSPS) is 11.3. The van der Waals surface area contributed by atoms with Crippen molar-refractivity contribution in [2.45, 2.75) is 13.5 Å². The molecule has 0 saturated heterocycles. The highest BCUT2D eigenvalue weighted by Crippen LogP contribution is 2.32. The second-order valence-electron chi connectivity index (χ2n) is 5.67. The van der Waals surface area contributed by atoms with E-state index in [0.29, 0.717) is 39.8 Å². The van der Waals surface area contributed by atoms with Crippen molar-refractivity contribution in [2.24, 2.45) is 0 Å². The first-order valence-electron chi connectivity index (χ1n) is 7.49. The summed E-state index contributed by atoms with van der Waals surface area (Å²) >= 11 is 14.2. The average molecular weight is 390 g/mol. The minimum atomic E-state index is 0.350. The van der Waals surface area contributed by atoms with Crippen LogP contribution in [0, 0.1) is 6.92 Å². The molecule has 0 fully saturated rings. The monoisotopic (exact) mass is 389 g/mol. The van der Waals surface area contributed by atoms with E-state index in [1.165, 1.54) is 5.56 Å². The Bertz CT molecular complexity index is 1020. The summed E-state index contributed by atoms with van der Waals surface area (Å²) in [5.41, 5.74) is 8.56. The fourth-order valence-corrected chi connectivity index (χ4v) is 3.93. The van der Waals surface area contributed by atoms with Crippen molar-refractivity contribution in [1.82, 2.24) is 19.5 Å². The lowest BCUT2D eigenvalue weighted by Crippen LogP contribution is -2.09. The number of nitrogens with zero attached hydrogens (tertiary/aromatic N) is 4. The number of fused-ring (bicyclic) bond motifs is 1. The van der Waals surface area contributed by atoms with Gasteiger partial charge in [-0.1, -0.05) is 29.3 Å². The van der Waals surface area contributed by atoms with E-state index in [1.807, 2.05) is 29.7 Å². The second-order valence-corrected chi connectivity index (χ2v) is 7.39. The van der Waals surface area contributed by atoms with E-state index in [-0.39, 0.29) is 0 Å². The molecule has 0 bridgehead atoms. The fraction of sp³-hybridized carbons (Fsp3) is 0.118. The van der Waals surface area contributed by atoms with Crippen LogP contribution in [0.2, 0.25) is 10.0 Å². The number of nitrogen functional groups attached to an aromatic ring is 1. The Morgan fingerprint density at radius 3 is 2.64 bits per heavy atom.